The average Bonchev–Trinajstić information content (AvgIpc) is 3.18. The SMILES string of the molecule is CC(C)(C)OC(=O)c1ncc(Br)s1.c1cc(-c2cncs2)ccn1. The molecule has 3 aromatic rings. The van der Waals surface area contributed by atoms with Crippen LogP contribution in [0.3, 0.4) is 0 Å². The Kier molecular flexibility index (Phi) is 6.59. The Morgan fingerprint density at radius 1 is 1.17 bits per heavy atom. The second kappa shape index (κ2) is 8.46. The molecule has 0 radical (unpaired) electrons. The third-order valence-electron chi connectivity index (χ3n) is 2.45. The number of esters is 1. The van der Waals surface area contributed by atoms with Gasteiger partial charge in [0, 0.05) is 18.6 Å². The van der Waals surface area contributed by atoms with Crippen molar-refractivity contribution >= 4 is 44.6 Å². The van der Waals surface area contributed by atoms with E-state index in [4.69, 9.17) is 4.74 Å². The Bertz CT molecular complexity index is 768. The molecule has 0 amide bonds. The van der Waals surface area contributed by atoms with Crippen molar-refractivity contribution in [2.24, 2.45) is 0 Å². The van der Waals surface area contributed by atoms with E-state index in [-0.39, 0.29) is 5.97 Å². The van der Waals surface area contributed by atoms with Crippen LogP contribution in [-0.2, 0) is 4.74 Å². The van der Waals surface area contributed by atoms with Crippen LogP contribution in [0.25, 0.3) is 10.4 Å². The summed E-state index contributed by atoms with van der Waals surface area (Å²) in [6.07, 6.45) is 7.02. The number of halogens is 1. The molecule has 0 unspecified atom stereocenters. The first-order valence-corrected chi connectivity index (χ1v) is 9.47. The van der Waals surface area contributed by atoms with E-state index in [0.717, 1.165) is 3.79 Å². The Morgan fingerprint density at radius 3 is 2.38 bits per heavy atom. The van der Waals surface area contributed by atoms with Gasteiger partial charge in [-0.05, 0) is 54.4 Å². The molecule has 0 saturated carbocycles. The molecule has 0 atom stereocenters. The fraction of sp³-hybridized carbons (Fsp3) is 0.250. The van der Waals surface area contributed by atoms with Crippen molar-refractivity contribution in [3.63, 3.8) is 0 Å². The largest absolute Gasteiger partial charge is 0.455 e. The number of thiazole rings is 2. The fourth-order valence-corrected chi connectivity index (χ4v) is 3.26. The molecular weight excluding hydrogens is 410 g/mol. The van der Waals surface area contributed by atoms with Crippen LogP contribution >= 0.6 is 38.6 Å². The lowest BCUT2D eigenvalue weighted by Gasteiger charge is -2.18. The molecule has 0 spiro atoms. The summed E-state index contributed by atoms with van der Waals surface area (Å²) in [5.41, 5.74) is 2.55. The number of carbonyl (C=O) groups excluding carboxylic acids is 1. The molecule has 0 aliphatic carbocycles. The first-order valence-electron chi connectivity index (χ1n) is 6.99. The van der Waals surface area contributed by atoms with Crippen molar-refractivity contribution in [3.8, 4) is 10.4 Å². The van der Waals surface area contributed by atoms with Gasteiger partial charge >= 0.3 is 5.97 Å². The van der Waals surface area contributed by atoms with E-state index in [1.807, 2.05) is 44.6 Å². The Morgan fingerprint density at radius 2 is 1.88 bits per heavy atom. The van der Waals surface area contributed by atoms with Crippen LogP contribution in [0.2, 0.25) is 0 Å². The van der Waals surface area contributed by atoms with Gasteiger partial charge in [-0.25, -0.2) is 9.78 Å². The summed E-state index contributed by atoms with van der Waals surface area (Å²) in [6.45, 7) is 5.48. The zero-order chi connectivity index (χ0) is 17.6. The molecule has 3 aromatic heterocycles. The van der Waals surface area contributed by atoms with Crippen molar-refractivity contribution in [1.29, 1.82) is 0 Å². The molecular formula is C16H16BrN3O2S2. The molecule has 0 aliphatic heterocycles. The lowest BCUT2D eigenvalue weighted by molar-refractivity contribution is 0.00692. The highest BCUT2D eigenvalue weighted by molar-refractivity contribution is 9.11. The predicted octanol–water partition coefficient (Wildman–Crippen LogP) is 5.07. The maximum Gasteiger partial charge on any atom is 0.367 e. The van der Waals surface area contributed by atoms with Gasteiger partial charge in [-0.1, -0.05) is 0 Å². The van der Waals surface area contributed by atoms with Gasteiger partial charge in [-0.15, -0.1) is 22.7 Å². The highest BCUT2D eigenvalue weighted by Crippen LogP contribution is 2.22. The molecule has 0 aliphatic rings. The molecule has 0 saturated heterocycles. The standard InChI is InChI=1S/C8H10BrNO2S.C8H6N2S/c1-8(2,3)12-7(11)6-10-4-5(9)13-6;1-3-9-4-2-7(1)8-5-10-6-11-8/h4H,1-3H3;1-6H. The summed E-state index contributed by atoms with van der Waals surface area (Å²) in [7, 11) is 0. The summed E-state index contributed by atoms with van der Waals surface area (Å²) in [5, 5.41) is 0.377. The third kappa shape index (κ3) is 6.10. The summed E-state index contributed by atoms with van der Waals surface area (Å²) < 4.78 is 5.95. The third-order valence-corrected chi connectivity index (χ3v) is 4.73. The minimum absolute atomic E-state index is 0.372. The van der Waals surface area contributed by atoms with Crippen LogP contribution in [0, 0.1) is 0 Å². The molecule has 24 heavy (non-hydrogen) atoms. The van der Waals surface area contributed by atoms with E-state index >= 15 is 0 Å². The number of rotatable bonds is 2. The van der Waals surface area contributed by atoms with Gasteiger partial charge in [0.25, 0.3) is 0 Å². The first kappa shape index (κ1) is 18.7. The normalized spacial score (nSPS) is 10.7. The zero-order valence-electron chi connectivity index (χ0n) is 13.4. The monoisotopic (exact) mass is 425 g/mol. The number of ether oxygens (including phenoxy) is 1. The van der Waals surface area contributed by atoms with Gasteiger partial charge in [-0.2, -0.15) is 0 Å². The van der Waals surface area contributed by atoms with E-state index in [1.54, 1.807) is 29.9 Å². The van der Waals surface area contributed by atoms with Crippen molar-refractivity contribution in [2.45, 2.75) is 26.4 Å². The van der Waals surface area contributed by atoms with Crippen molar-refractivity contribution in [1.82, 2.24) is 15.0 Å². The Labute approximate surface area is 156 Å². The smallest absolute Gasteiger partial charge is 0.367 e. The van der Waals surface area contributed by atoms with E-state index in [1.165, 1.54) is 21.8 Å². The van der Waals surface area contributed by atoms with Gasteiger partial charge < -0.3 is 4.74 Å². The van der Waals surface area contributed by atoms with Crippen LogP contribution in [0.1, 0.15) is 30.6 Å². The summed E-state index contributed by atoms with van der Waals surface area (Å²) in [5.74, 6) is -0.372. The van der Waals surface area contributed by atoms with E-state index in [9.17, 15) is 4.79 Å². The molecule has 0 fully saturated rings. The number of nitrogens with zero attached hydrogens (tertiary/aromatic N) is 3. The summed E-state index contributed by atoms with van der Waals surface area (Å²) in [4.78, 5) is 24.4. The van der Waals surface area contributed by atoms with Crippen LogP contribution < -0.4 is 0 Å². The maximum atomic E-state index is 11.4. The number of hydrogen-bond donors (Lipinski definition) is 0. The predicted molar refractivity (Wildman–Crippen MR) is 100 cm³/mol. The molecule has 0 bridgehead atoms. The number of pyridine rings is 1. The molecule has 126 valence electrons. The second-order valence-corrected chi connectivity index (χ2v) is 8.87. The molecule has 5 nitrogen and oxygen atoms in total. The molecule has 3 rings (SSSR count). The van der Waals surface area contributed by atoms with E-state index in [2.05, 4.69) is 30.9 Å². The van der Waals surface area contributed by atoms with Crippen LogP contribution in [0.15, 0.2) is 46.2 Å². The maximum absolute atomic E-state index is 11.4. The van der Waals surface area contributed by atoms with Gasteiger partial charge in [0.05, 0.1) is 20.4 Å². The minimum Gasteiger partial charge on any atom is -0.455 e. The van der Waals surface area contributed by atoms with Gasteiger partial charge in [0.15, 0.2) is 0 Å². The Hall–Kier alpha value is -1.64. The summed E-state index contributed by atoms with van der Waals surface area (Å²) >= 11 is 6.13. The molecule has 3 heterocycles. The van der Waals surface area contributed by atoms with Crippen LogP contribution in [-0.4, -0.2) is 26.5 Å². The van der Waals surface area contributed by atoms with Gasteiger partial charge in [0.1, 0.15) is 5.60 Å². The molecule has 8 heteroatoms. The first-order chi connectivity index (χ1) is 11.3. The average molecular weight is 426 g/mol. The highest BCUT2D eigenvalue weighted by Gasteiger charge is 2.20. The van der Waals surface area contributed by atoms with Gasteiger partial charge in [0.2, 0.25) is 5.01 Å². The van der Waals surface area contributed by atoms with Crippen molar-refractivity contribution in [3.05, 3.63) is 51.2 Å². The fourth-order valence-electron chi connectivity index (χ4n) is 1.55. The summed E-state index contributed by atoms with van der Waals surface area (Å²) in [6, 6.07) is 3.96. The number of aromatic nitrogens is 3. The van der Waals surface area contributed by atoms with Crippen LogP contribution in [0.5, 0.6) is 0 Å². The highest BCUT2D eigenvalue weighted by atomic mass is 79.9. The lowest BCUT2D eigenvalue weighted by atomic mass is 10.2. The second-order valence-electron chi connectivity index (χ2n) is 5.57. The lowest BCUT2D eigenvalue weighted by Crippen LogP contribution is -2.23. The van der Waals surface area contributed by atoms with Gasteiger partial charge in [-0.3, -0.25) is 9.97 Å². The topological polar surface area (TPSA) is 65.0 Å². The van der Waals surface area contributed by atoms with E-state index in [0.29, 0.717) is 5.01 Å². The molecule has 0 aromatic carbocycles. The quantitative estimate of drug-likeness (QED) is 0.536. The number of carbonyl (C=O) groups is 1. The van der Waals surface area contributed by atoms with Crippen molar-refractivity contribution < 1.29 is 9.53 Å². The van der Waals surface area contributed by atoms with Crippen LogP contribution in [0.4, 0.5) is 0 Å². The van der Waals surface area contributed by atoms with E-state index < -0.39 is 5.60 Å². The minimum atomic E-state index is -0.463. The number of hydrogen-bond acceptors (Lipinski definition) is 7. The molecule has 0 N–H and O–H groups in total. The van der Waals surface area contributed by atoms with Crippen molar-refractivity contribution in [2.75, 3.05) is 0 Å². The zero-order valence-corrected chi connectivity index (χ0v) is 16.6. The Balaban J connectivity index is 0.000000175.